The zero-order valence-corrected chi connectivity index (χ0v) is 20.5. The fraction of sp³-hybridized carbons (Fsp3) is 0.500. The van der Waals surface area contributed by atoms with E-state index in [9.17, 15) is 9.90 Å². The summed E-state index contributed by atoms with van der Waals surface area (Å²) in [6, 6.07) is 14.9. The number of ketones is 1. The number of allylic oxidation sites excluding steroid dienone is 2. The van der Waals surface area contributed by atoms with Crippen molar-refractivity contribution in [3.8, 4) is 10.4 Å². The van der Waals surface area contributed by atoms with E-state index in [-0.39, 0.29) is 16.9 Å². The smallest absolute Gasteiger partial charge is 0.165 e. The van der Waals surface area contributed by atoms with Crippen molar-refractivity contribution in [1.82, 2.24) is 0 Å². The van der Waals surface area contributed by atoms with Crippen LogP contribution < -0.4 is 0 Å². The minimum Gasteiger partial charge on any atom is -0.393 e. The summed E-state index contributed by atoms with van der Waals surface area (Å²) in [5.41, 5.74) is 3.80. The van der Waals surface area contributed by atoms with Gasteiger partial charge in [-0.3, -0.25) is 4.79 Å². The van der Waals surface area contributed by atoms with Gasteiger partial charge in [0.15, 0.2) is 5.78 Å². The van der Waals surface area contributed by atoms with Crippen LogP contribution in [-0.4, -0.2) is 17.0 Å². The highest BCUT2D eigenvalue weighted by molar-refractivity contribution is 7.16. The van der Waals surface area contributed by atoms with Crippen molar-refractivity contribution in [2.24, 2.45) is 28.6 Å². The maximum Gasteiger partial charge on any atom is 0.165 e. The average Bonchev–Trinajstić information content (AvgIpc) is 3.38. The number of carbonyl (C=O) groups excluding carboxylic acids is 1. The van der Waals surface area contributed by atoms with Crippen molar-refractivity contribution in [2.45, 2.75) is 64.9 Å². The molecule has 172 valence electrons. The van der Waals surface area contributed by atoms with Crippen LogP contribution in [0.2, 0.25) is 0 Å². The second-order valence-corrected chi connectivity index (χ2v) is 12.5. The van der Waals surface area contributed by atoms with Gasteiger partial charge in [0.25, 0.3) is 0 Å². The normalized spacial score (nSPS) is 39.1. The van der Waals surface area contributed by atoms with Gasteiger partial charge < -0.3 is 5.11 Å². The molecule has 2 nitrogen and oxygen atoms in total. The van der Waals surface area contributed by atoms with E-state index in [1.807, 2.05) is 6.07 Å². The lowest BCUT2D eigenvalue weighted by Crippen LogP contribution is -2.50. The summed E-state index contributed by atoms with van der Waals surface area (Å²) in [5.74, 6) is 2.09. The van der Waals surface area contributed by atoms with Gasteiger partial charge >= 0.3 is 0 Å². The van der Waals surface area contributed by atoms with Gasteiger partial charge in [0.05, 0.1) is 6.10 Å². The Morgan fingerprint density at radius 2 is 1.76 bits per heavy atom. The molecular weight excluding hydrogens is 424 g/mol. The number of fused-ring (bicyclic) bond motifs is 5. The zero-order chi connectivity index (χ0) is 22.8. The van der Waals surface area contributed by atoms with Gasteiger partial charge in [0, 0.05) is 15.2 Å². The van der Waals surface area contributed by atoms with E-state index in [1.54, 1.807) is 11.3 Å². The number of thiophene rings is 1. The topological polar surface area (TPSA) is 37.3 Å². The molecule has 0 radical (unpaired) electrons. The van der Waals surface area contributed by atoms with E-state index in [0.717, 1.165) is 50.5 Å². The number of aliphatic hydroxyl groups is 1. The third-order valence-corrected chi connectivity index (χ3v) is 10.8. The van der Waals surface area contributed by atoms with E-state index in [2.05, 4.69) is 62.4 Å². The van der Waals surface area contributed by atoms with Crippen molar-refractivity contribution in [3.63, 3.8) is 0 Å². The van der Waals surface area contributed by atoms with E-state index in [1.165, 1.54) is 20.9 Å². The van der Waals surface area contributed by atoms with Crippen LogP contribution in [0.25, 0.3) is 16.5 Å². The molecule has 0 aliphatic heterocycles. The number of rotatable bonds is 2. The Kier molecular flexibility index (Phi) is 5.08. The Labute approximate surface area is 201 Å². The molecule has 6 rings (SSSR count). The molecule has 3 heteroatoms. The Morgan fingerprint density at radius 3 is 2.58 bits per heavy atom. The molecule has 33 heavy (non-hydrogen) atoms. The zero-order valence-electron chi connectivity index (χ0n) is 19.7. The van der Waals surface area contributed by atoms with E-state index >= 15 is 0 Å². The quantitative estimate of drug-likeness (QED) is 0.379. The first-order valence-electron chi connectivity index (χ1n) is 12.7. The van der Waals surface area contributed by atoms with Gasteiger partial charge in [-0.1, -0.05) is 55.8 Å². The van der Waals surface area contributed by atoms with Crippen LogP contribution in [-0.2, 0) is 4.79 Å². The minimum atomic E-state index is -0.206. The fourth-order valence-corrected chi connectivity index (χ4v) is 8.78. The molecule has 6 atom stereocenters. The first kappa shape index (κ1) is 21.6. The molecule has 2 aromatic rings. The second-order valence-electron chi connectivity index (χ2n) is 11.4. The molecule has 0 amide bonds. The number of Topliss-reactive ketones (excluding diaryl/α,β-unsaturated/α-hetero) is 1. The van der Waals surface area contributed by atoms with Crippen LogP contribution in [0, 0.1) is 28.6 Å². The number of hydrogen-bond acceptors (Lipinski definition) is 3. The van der Waals surface area contributed by atoms with Crippen molar-refractivity contribution >= 4 is 23.2 Å². The Balaban J connectivity index is 1.29. The van der Waals surface area contributed by atoms with Gasteiger partial charge in [-0.05, 0) is 97.5 Å². The third-order valence-electron chi connectivity index (χ3n) is 9.72. The molecule has 3 saturated carbocycles. The summed E-state index contributed by atoms with van der Waals surface area (Å²) in [4.78, 5) is 16.2. The highest BCUT2D eigenvalue weighted by Gasteiger charge is 2.59. The number of hydrogen-bond donors (Lipinski definition) is 1. The fourth-order valence-electron chi connectivity index (χ4n) is 7.80. The van der Waals surface area contributed by atoms with Crippen LogP contribution in [0.5, 0.6) is 0 Å². The molecule has 0 spiro atoms. The predicted molar refractivity (Wildman–Crippen MR) is 136 cm³/mol. The van der Waals surface area contributed by atoms with Crippen LogP contribution in [0.1, 0.15) is 63.7 Å². The maximum absolute atomic E-state index is 13.7. The Hall–Kier alpha value is -1.97. The molecule has 1 aromatic heterocycles. The molecule has 4 aliphatic carbocycles. The van der Waals surface area contributed by atoms with Gasteiger partial charge in [0.1, 0.15) is 0 Å². The van der Waals surface area contributed by atoms with Gasteiger partial charge in [-0.25, -0.2) is 0 Å². The molecule has 4 aliphatic rings. The third kappa shape index (κ3) is 3.34. The lowest BCUT2D eigenvalue weighted by atomic mass is 9.48. The van der Waals surface area contributed by atoms with Crippen LogP contribution in [0.4, 0.5) is 0 Å². The summed E-state index contributed by atoms with van der Waals surface area (Å²) < 4.78 is 0. The number of carbonyl (C=O) groups is 1. The van der Waals surface area contributed by atoms with Crippen LogP contribution in [0.3, 0.4) is 0 Å². The minimum absolute atomic E-state index is 0.163. The number of benzene rings is 1. The molecule has 1 aromatic carbocycles. The molecule has 1 N–H and O–H groups in total. The monoisotopic (exact) mass is 458 g/mol. The highest BCUT2D eigenvalue weighted by Crippen LogP contribution is 2.64. The average molecular weight is 459 g/mol. The van der Waals surface area contributed by atoms with E-state index < -0.39 is 0 Å². The van der Waals surface area contributed by atoms with Crippen LogP contribution >= 0.6 is 11.3 Å². The first-order chi connectivity index (χ1) is 15.9. The molecule has 3 fully saturated rings. The largest absolute Gasteiger partial charge is 0.393 e. The second kappa shape index (κ2) is 7.78. The summed E-state index contributed by atoms with van der Waals surface area (Å²) in [7, 11) is 0. The molecule has 1 heterocycles. The lowest BCUT2D eigenvalue weighted by Gasteiger charge is -2.56. The first-order valence-corrected chi connectivity index (χ1v) is 13.5. The maximum atomic E-state index is 13.7. The van der Waals surface area contributed by atoms with Gasteiger partial charge in [-0.15, -0.1) is 11.3 Å². The van der Waals surface area contributed by atoms with Crippen molar-refractivity contribution in [1.29, 1.82) is 0 Å². The molecule has 0 unspecified atom stereocenters. The number of aliphatic hydroxyl groups excluding tert-OH is 1. The Bertz CT molecular complexity index is 1140. The van der Waals surface area contributed by atoms with Gasteiger partial charge in [-0.2, -0.15) is 0 Å². The molecule has 0 saturated heterocycles. The standard InChI is InChI=1S/C30H34O2S/c1-29-14-12-22(31)18-21(29)8-10-24-25(29)13-15-30(2)26(24)17-20(28(30)32)16-23-9-11-27(33-23)19-6-4-3-5-7-19/h3-9,11,16,22,24-26,31H,10,12-15,17-18H2,1-2H3/b20-16+/t22-,24-,25+,26+,29-,30+/m0/s1. The highest BCUT2D eigenvalue weighted by atomic mass is 32.1. The molecular formula is C30H34O2S. The van der Waals surface area contributed by atoms with Crippen molar-refractivity contribution in [3.05, 3.63) is 64.6 Å². The summed E-state index contributed by atoms with van der Waals surface area (Å²) in [6.45, 7) is 4.71. The van der Waals surface area contributed by atoms with Crippen molar-refractivity contribution < 1.29 is 9.90 Å². The van der Waals surface area contributed by atoms with Gasteiger partial charge in [0.2, 0.25) is 0 Å². The van der Waals surface area contributed by atoms with E-state index in [4.69, 9.17) is 0 Å². The SMILES string of the molecule is C[C@@]12CC[C@@H]3[C@H](CC=C4C[C@@H](O)CC[C@@]43C)[C@H]1C/C(=C\c1ccc(-c3ccccc3)s1)C2=O. The lowest BCUT2D eigenvalue weighted by molar-refractivity contribution is -0.130. The van der Waals surface area contributed by atoms with Crippen LogP contribution in [0.15, 0.2) is 59.7 Å². The summed E-state index contributed by atoms with van der Waals surface area (Å²) in [6.07, 6.45) is 11.5. The van der Waals surface area contributed by atoms with E-state index in [0.29, 0.717) is 23.5 Å². The Morgan fingerprint density at radius 1 is 0.970 bits per heavy atom. The molecule has 0 bridgehead atoms. The predicted octanol–water partition coefficient (Wildman–Crippen LogP) is 7.30. The summed E-state index contributed by atoms with van der Waals surface area (Å²) in [5, 5.41) is 10.2. The summed E-state index contributed by atoms with van der Waals surface area (Å²) >= 11 is 1.78. The van der Waals surface area contributed by atoms with Crippen molar-refractivity contribution in [2.75, 3.05) is 0 Å².